The van der Waals surface area contributed by atoms with Crippen LogP contribution in [0, 0.1) is 0 Å². The van der Waals surface area contributed by atoms with Crippen LogP contribution in [-0.4, -0.2) is 30.8 Å². The maximum atomic E-state index is 12.3. The van der Waals surface area contributed by atoms with Crippen LogP contribution in [0.4, 0.5) is 0 Å². The SMILES string of the molecule is CCCCCCCCCCCCCCCCOC(=O)C(CCCCCCCCCCCCCCCC)S(=O)(=O)[O-].[Na+]. The molecule has 41 heavy (non-hydrogen) atoms. The van der Waals surface area contributed by atoms with E-state index in [9.17, 15) is 17.8 Å². The average molecular weight is 611 g/mol. The summed E-state index contributed by atoms with van der Waals surface area (Å²) in [4.78, 5) is 12.3. The number of unbranched alkanes of at least 4 members (excludes halogenated alkanes) is 26. The van der Waals surface area contributed by atoms with Crippen LogP contribution in [0.15, 0.2) is 0 Å². The Morgan fingerprint density at radius 3 is 1.07 bits per heavy atom. The molecule has 7 heteroatoms. The number of carbonyl (C=O) groups is 1. The fourth-order valence-corrected chi connectivity index (χ4v) is 6.23. The molecule has 0 aliphatic carbocycles. The Hall–Kier alpha value is 0.380. The summed E-state index contributed by atoms with van der Waals surface area (Å²) in [6.45, 7) is 4.72. The molecule has 0 saturated carbocycles. The number of hydrogen-bond donors (Lipinski definition) is 0. The predicted octanol–water partition coefficient (Wildman–Crippen LogP) is 7.80. The Kier molecular flexibility index (Phi) is 35.3. The van der Waals surface area contributed by atoms with E-state index in [1.165, 1.54) is 135 Å². The van der Waals surface area contributed by atoms with E-state index in [0.717, 1.165) is 38.5 Å². The quantitative estimate of drug-likeness (QED) is 0.0336. The van der Waals surface area contributed by atoms with Gasteiger partial charge >= 0.3 is 35.5 Å². The molecule has 0 aromatic carbocycles. The second kappa shape index (κ2) is 33.3. The summed E-state index contributed by atoms with van der Waals surface area (Å²) >= 11 is 0. The third-order valence-corrected chi connectivity index (χ3v) is 9.30. The van der Waals surface area contributed by atoms with Crippen molar-refractivity contribution in [2.24, 2.45) is 0 Å². The molecule has 0 rings (SSSR count). The van der Waals surface area contributed by atoms with E-state index in [0.29, 0.717) is 6.42 Å². The normalized spacial score (nSPS) is 12.3. The Balaban J connectivity index is 0. The van der Waals surface area contributed by atoms with Crippen LogP contribution in [0.5, 0.6) is 0 Å². The summed E-state index contributed by atoms with van der Waals surface area (Å²) in [5.41, 5.74) is 0. The molecule has 0 aliphatic rings. The number of hydrogen-bond acceptors (Lipinski definition) is 5. The zero-order valence-corrected chi connectivity index (χ0v) is 30.6. The van der Waals surface area contributed by atoms with E-state index in [1.54, 1.807) is 0 Å². The first-order valence-corrected chi connectivity index (χ1v) is 19.0. The van der Waals surface area contributed by atoms with Gasteiger partial charge in [-0.15, -0.1) is 0 Å². The molecule has 0 spiro atoms. The molecule has 240 valence electrons. The van der Waals surface area contributed by atoms with Gasteiger partial charge in [-0.25, -0.2) is 8.42 Å². The zero-order valence-electron chi connectivity index (χ0n) is 27.7. The maximum Gasteiger partial charge on any atom is 1.00 e. The smallest absolute Gasteiger partial charge is 0.747 e. The third kappa shape index (κ3) is 31.6. The van der Waals surface area contributed by atoms with Crippen LogP contribution in [-0.2, 0) is 19.6 Å². The van der Waals surface area contributed by atoms with Crippen LogP contribution < -0.4 is 29.6 Å². The van der Waals surface area contributed by atoms with Gasteiger partial charge in [0.05, 0.1) is 6.61 Å². The van der Waals surface area contributed by atoms with Crippen molar-refractivity contribution in [3.8, 4) is 0 Å². The molecule has 1 atom stereocenters. The van der Waals surface area contributed by atoms with E-state index < -0.39 is 21.3 Å². The van der Waals surface area contributed by atoms with Crippen molar-refractivity contribution in [1.82, 2.24) is 0 Å². The first kappa shape index (κ1) is 43.5. The standard InChI is InChI=1S/C34H68O5S.Na/c1-3-5-7-9-11-13-15-17-19-21-23-25-27-29-31-33(40(36,37)38)34(35)39-32-30-28-26-24-22-20-18-16-14-12-10-8-6-4-2;/h33H,3-32H2,1-2H3,(H,36,37,38);/q;+1/p-1. The maximum absolute atomic E-state index is 12.3. The van der Waals surface area contributed by atoms with Gasteiger partial charge in [0.15, 0.2) is 0 Å². The van der Waals surface area contributed by atoms with Crippen LogP contribution in [0.3, 0.4) is 0 Å². The van der Waals surface area contributed by atoms with Gasteiger partial charge in [0, 0.05) is 0 Å². The molecule has 0 aliphatic heterocycles. The first-order chi connectivity index (χ1) is 19.4. The van der Waals surface area contributed by atoms with Gasteiger partial charge in [-0.05, 0) is 12.8 Å². The van der Waals surface area contributed by atoms with Gasteiger partial charge in [-0.3, -0.25) is 4.79 Å². The Bertz CT molecular complexity index is 641. The molecule has 0 bridgehead atoms. The number of ether oxygens (including phenoxy) is 1. The van der Waals surface area contributed by atoms with Gasteiger partial charge in [-0.1, -0.05) is 187 Å². The number of rotatable bonds is 32. The van der Waals surface area contributed by atoms with Crippen molar-refractivity contribution < 1.29 is 52.1 Å². The molecule has 5 nitrogen and oxygen atoms in total. The van der Waals surface area contributed by atoms with E-state index in [1.807, 2.05) is 0 Å². The van der Waals surface area contributed by atoms with Gasteiger partial charge < -0.3 is 9.29 Å². The Labute approximate surface area is 278 Å². The average Bonchev–Trinajstić information content (AvgIpc) is 2.92. The van der Waals surface area contributed by atoms with Crippen molar-refractivity contribution >= 4 is 16.1 Å². The molecule has 0 aromatic heterocycles. The molecule has 0 fully saturated rings. The minimum Gasteiger partial charge on any atom is -0.747 e. The summed E-state index contributed by atoms with van der Waals surface area (Å²) in [5, 5.41) is -1.54. The summed E-state index contributed by atoms with van der Waals surface area (Å²) in [7, 11) is -4.68. The van der Waals surface area contributed by atoms with Gasteiger partial charge in [0.2, 0.25) is 0 Å². The van der Waals surface area contributed by atoms with Gasteiger partial charge in [0.1, 0.15) is 15.4 Å². The molecular formula is C34H67NaO5S. The number of carbonyl (C=O) groups excluding carboxylic acids is 1. The van der Waals surface area contributed by atoms with Crippen molar-refractivity contribution in [1.29, 1.82) is 0 Å². The van der Waals surface area contributed by atoms with Crippen LogP contribution in [0.1, 0.15) is 200 Å². The fourth-order valence-electron chi connectivity index (χ4n) is 5.47. The molecule has 1 unspecified atom stereocenters. The van der Waals surface area contributed by atoms with Crippen molar-refractivity contribution in [3.63, 3.8) is 0 Å². The molecule has 0 aromatic rings. The molecule has 0 radical (unpaired) electrons. The fraction of sp³-hybridized carbons (Fsp3) is 0.971. The Morgan fingerprint density at radius 1 is 0.512 bits per heavy atom. The van der Waals surface area contributed by atoms with Crippen LogP contribution in [0.2, 0.25) is 0 Å². The van der Waals surface area contributed by atoms with E-state index in [4.69, 9.17) is 4.74 Å². The number of esters is 1. The summed E-state index contributed by atoms with van der Waals surface area (Å²) in [5.74, 6) is -0.848. The molecular weight excluding hydrogens is 543 g/mol. The van der Waals surface area contributed by atoms with E-state index in [-0.39, 0.29) is 42.6 Å². The van der Waals surface area contributed by atoms with Crippen molar-refractivity contribution in [2.75, 3.05) is 6.61 Å². The molecule has 0 amide bonds. The zero-order chi connectivity index (χ0) is 29.6. The van der Waals surface area contributed by atoms with E-state index in [2.05, 4.69) is 13.8 Å². The minimum absolute atomic E-state index is 0. The molecule has 0 N–H and O–H groups in total. The Morgan fingerprint density at radius 2 is 0.780 bits per heavy atom. The van der Waals surface area contributed by atoms with Gasteiger partial charge in [0.25, 0.3) is 0 Å². The van der Waals surface area contributed by atoms with E-state index >= 15 is 0 Å². The van der Waals surface area contributed by atoms with Crippen molar-refractivity contribution in [3.05, 3.63) is 0 Å². The summed E-state index contributed by atoms with van der Waals surface area (Å²) in [6.07, 6.45) is 34.4. The molecule has 0 saturated heterocycles. The van der Waals surface area contributed by atoms with Crippen LogP contribution >= 0.6 is 0 Å². The third-order valence-electron chi connectivity index (χ3n) is 8.17. The van der Waals surface area contributed by atoms with Gasteiger partial charge in [-0.2, -0.15) is 0 Å². The monoisotopic (exact) mass is 610 g/mol. The topological polar surface area (TPSA) is 83.5 Å². The summed E-state index contributed by atoms with van der Waals surface area (Å²) < 4.78 is 40.1. The second-order valence-corrected chi connectivity index (χ2v) is 13.7. The largest absolute Gasteiger partial charge is 1.00 e. The van der Waals surface area contributed by atoms with Crippen molar-refractivity contribution in [2.45, 2.75) is 205 Å². The minimum atomic E-state index is -4.68. The predicted molar refractivity (Wildman–Crippen MR) is 170 cm³/mol. The summed E-state index contributed by atoms with van der Waals surface area (Å²) in [6, 6.07) is 0. The van der Waals surface area contributed by atoms with Crippen LogP contribution in [0.25, 0.3) is 0 Å². The molecule has 0 heterocycles. The second-order valence-electron chi connectivity index (χ2n) is 12.1. The first-order valence-electron chi connectivity index (χ1n) is 17.5.